The average molecular weight is 349 g/mol. The van der Waals surface area contributed by atoms with Crippen LogP contribution in [-0.4, -0.2) is 70.2 Å². The molecule has 0 bridgehead atoms. The molecule has 2 rings (SSSR count). The van der Waals surface area contributed by atoms with Gasteiger partial charge < -0.3 is 10.2 Å². The molecule has 0 spiro atoms. The zero-order valence-electron chi connectivity index (χ0n) is 16.1. The summed E-state index contributed by atoms with van der Waals surface area (Å²) in [4.78, 5) is 28.3. The largest absolute Gasteiger partial charge is 0.353 e. The minimum atomic E-state index is 0.0531. The predicted octanol–water partition coefficient (Wildman–Crippen LogP) is 0.638. The molecule has 0 radical (unpaired) electrons. The molecular weight excluding hydrogens is 318 g/mol. The van der Waals surface area contributed by atoms with Crippen LogP contribution in [0, 0.1) is 13.8 Å². The lowest BCUT2D eigenvalue weighted by Crippen LogP contribution is -2.51. The lowest BCUT2D eigenvalue weighted by atomic mass is 10.1. The number of carbonyl (C=O) groups is 2. The van der Waals surface area contributed by atoms with Gasteiger partial charge in [0.2, 0.25) is 11.8 Å². The van der Waals surface area contributed by atoms with Gasteiger partial charge in [-0.05, 0) is 39.7 Å². The first-order chi connectivity index (χ1) is 11.8. The standard InChI is InChI=1S/C18H31N5O2/c1-13(2)19-17(24)12-22-8-10-23(11-9-22)18(25)7-6-16-14(3)20-21(5)15(16)4/h13H,6-12H2,1-5H3,(H,19,24). The molecule has 2 heterocycles. The van der Waals surface area contributed by atoms with Crippen LogP contribution in [0.1, 0.15) is 37.2 Å². The van der Waals surface area contributed by atoms with Gasteiger partial charge in [-0.1, -0.05) is 0 Å². The normalized spacial score (nSPS) is 15.7. The highest BCUT2D eigenvalue weighted by atomic mass is 16.2. The molecular formula is C18H31N5O2. The Labute approximate surface area is 150 Å². The van der Waals surface area contributed by atoms with E-state index in [1.165, 1.54) is 5.56 Å². The van der Waals surface area contributed by atoms with E-state index in [4.69, 9.17) is 0 Å². The maximum atomic E-state index is 12.5. The van der Waals surface area contributed by atoms with Crippen LogP contribution in [0.3, 0.4) is 0 Å². The summed E-state index contributed by atoms with van der Waals surface area (Å²) in [7, 11) is 1.93. The predicted molar refractivity (Wildman–Crippen MR) is 97.3 cm³/mol. The highest BCUT2D eigenvalue weighted by molar-refractivity contribution is 5.78. The van der Waals surface area contributed by atoms with E-state index in [9.17, 15) is 9.59 Å². The first-order valence-electron chi connectivity index (χ1n) is 9.06. The van der Waals surface area contributed by atoms with Gasteiger partial charge in [-0.15, -0.1) is 0 Å². The second-order valence-corrected chi connectivity index (χ2v) is 7.15. The third kappa shape index (κ3) is 5.29. The molecule has 0 aliphatic carbocycles. The second kappa shape index (κ2) is 8.47. The molecule has 25 heavy (non-hydrogen) atoms. The minimum Gasteiger partial charge on any atom is -0.353 e. The van der Waals surface area contributed by atoms with E-state index in [1.807, 2.05) is 44.3 Å². The van der Waals surface area contributed by atoms with Gasteiger partial charge in [0.15, 0.2) is 0 Å². The molecule has 1 aliphatic heterocycles. The van der Waals surface area contributed by atoms with E-state index in [0.29, 0.717) is 26.1 Å². The Morgan fingerprint density at radius 3 is 2.32 bits per heavy atom. The fourth-order valence-corrected chi connectivity index (χ4v) is 3.30. The molecule has 1 aromatic heterocycles. The van der Waals surface area contributed by atoms with Crippen LogP contribution in [0.5, 0.6) is 0 Å². The summed E-state index contributed by atoms with van der Waals surface area (Å²) in [6, 6.07) is 0.162. The summed E-state index contributed by atoms with van der Waals surface area (Å²) in [5.41, 5.74) is 3.32. The molecule has 0 aromatic carbocycles. The van der Waals surface area contributed by atoms with Crippen molar-refractivity contribution >= 4 is 11.8 Å². The first-order valence-corrected chi connectivity index (χ1v) is 9.06. The Morgan fingerprint density at radius 1 is 1.16 bits per heavy atom. The van der Waals surface area contributed by atoms with Crippen molar-refractivity contribution in [2.24, 2.45) is 7.05 Å². The summed E-state index contributed by atoms with van der Waals surface area (Å²) < 4.78 is 1.87. The maximum Gasteiger partial charge on any atom is 0.234 e. The molecule has 7 nitrogen and oxygen atoms in total. The van der Waals surface area contributed by atoms with Crippen LogP contribution in [0.15, 0.2) is 0 Å². The molecule has 1 fully saturated rings. The Hall–Kier alpha value is -1.89. The number of hydrogen-bond acceptors (Lipinski definition) is 4. The molecule has 0 atom stereocenters. The van der Waals surface area contributed by atoms with Crippen LogP contribution in [-0.2, 0) is 23.1 Å². The van der Waals surface area contributed by atoms with E-state index in [-0.39, 0.29) is 17.9 Å². The van der Waals surface area contributed by atoms with Crippen molar-refractivity contribution in [1.82, 2.24) is 24.9 Å². The quantitative estimate of drug-likeness (QED) is 0.818. The van der Waals surface area contributed by atoms with Crippen LogP contribution >= 0.6 is 0 Å². The van der Waals surface area contributed by atoms with Crippen molar-refractivity contribution < 1.29 is 9.59 Å². The van der Waals surface area contributed by atoms with E-state index in [0.717, 1.165) is 30.9 Å². The molecule has 1 aliphatic rings. The van der Waals surface area contributed by atoms with Gasteiger partial charge in [-0.3, -0.25) is 19.2 Å². The van der Waals surface area contributed by atoms with Crippen LogP contribution < -0.4 is 5.32 Å². The summed E-state index contributed by atoms with van der Waals surface area (Å²) >= 11 is 0. The minimum absolute atomic E-state index is 0.0531. The Kier molecular flexibility index (Phi) is 6.58. The number of rotatable bonds is 6. The Morgan fingerprint density at radius 2 is 1.80 bits per heavy atom. The highest BCUT2D eigenvalue weighted by Gasteiger charge is 2.23. The van der Waals surface area contributed by atoms with E-state index < -0.39 is 0 Å². The molecule has 140 valence electrons. The van der Waals surface area contributed by atoms with Gasteiger partial charge >= 0.3 is 0 Å². The molecule has 0 saturated carbocycles. The molecule has 2 amide bonds. The summed E-state index contributed by atoms with van der Waals surface area (Å²) in [6.45, 7) is 11.3. The molecule has 1 aromatic rings. The smallest absolute Gasteiger partial charge is 0.234 e. The lowest BCUT2D eigenvalue weighted by Gasteiger charge is -2.34. The van der Waals surface area contributed by atoms with Gasteiger partial charge in [-0.25, -0.2) is 0 Å². The number of nitrogens with zero attached hydrogens (tertiary/aromatic N) is 4. The van der Waals surface area contributed by atoms with Crippen molar-refractivity contribution in [2.45, 2.75) is 46.6 Å². The monoisotopic (exact) mass is 349 g/mol. The summed E-state index contributed by atoms with van der Waals surface area (Å²) in [5.74, 6) is 0.242. The topological polar surface area (TPSA) is 70.5 Å². The number of hydrogen-bond donors (Lipinski definition) is 1. The molecule has 0 unspecified atom stereocenters. The number of amides is 2. The zero-order chi connectivity index (χ0) is 18.6. The Balaban J connectivity index is 1.76. The van der Waals surface area contributed by atoms with Crippen LogP contribution in [0.4, 0.5) is 0 Å². The Bertz CT molecular complexity index is 615. The van der Waals surface area contributed by atoms with Crippen molar-refractivity contribution in [1.29, 1.82) is 0 Å². The van der Waals surface area contributed by atoms with Gasteiger partial charge in [-0.2, -0.15) is 5.10 Å². The van der Waals surface area contributed by atoms with Gasteiger partial charge in [0.1, 0.15) is 0 Å². The fourth-order valence-electron chi connectivity index (χ4n) is 3.30. The van der Waals surface area contributed by atoms with Gasteiger partial charge in [0.05, 0.1) is 12.2 Å². The second-order valence-electron chi connectivity index (χ2n) is 7.15. The maximum absolute atomic E-state index is 12.5. The number of piperazine rings is 1. The number of aryl methyl sites for hydroxylation is 2. The highest BCUT2D eigenvalue weighted by Crippen LogP contribution is 2.15. The number of carbonyl (C=O) groups excluding carboxylic acids is 2. The molecule has 1 saturated heterocycles. The third-order valence-electron chi connectivity index (χ3n) is 4.79. The van der Waals surface area contributed by atoms with E-state index in [2.05, 4.69) is 15.3 Å². The molecule has 7 heteroatoms. The first kappa shape index (κ1) is 19.4. The number of nitrogens with one attached hydrogen (secondary N) is 1. The number of aromatic nitrogens is 2. The van der Waals surface area contributed by atoms with Gasteiger partial charge in [0.25, 0.3) is 0 Å². The average Bonchev–Trinajstić information content (AvgIpc) is 2.77. The third-order valence-corrected chi connectivity index (χ3v) is 4.79. The van der Waals surface area contributed by atoms with Crippen molar-refractivity contribution in [3.05, 3.63) is 17.0 Å². The van der Waals surface area contributed by atoms with Gasteiger partial charge in [0, 0.05) is 51.4 Å². The van der Waals surface area contributed by atoms with Crippen LogP contribution in [0.25, 0.3) is 0 Å². The van der Waals surface area contributed by atoms with Crippen molar-refractivity contribution in [2.75, 3.05) is 32.7 Å². The molecule has 1 N–H and O–H groups in total. The lowest BCUT2D eigenvalue weighted by molar-refractivity contribution is -0.133. The van der Waals surface area contributed by atoms with E-state index in [1.54, 1.807) is 0 Å². The van der Waals surface area contributed by atoms with Crippen LogP contribution in [0.2, 0.25) is 0 Å². The summed E-state index contributed by atoms with van der Waals surface area (Å²) in [5, 5.41) is 7.31. The van der Waals surface area contributed by atoms with Crippen molar-refractivity contribution in [3.8, 4) is 0 Å². The zero-order valence-corrected chi connectivity index (χ0v) is 16.1. The van der Waals surface area contributed by atoms with E-state index >= 15 is 0 Å². The fraction of sp³-hybridized carbons (Fsp3) is 0.722. The SMILES string of the molecule is Cc1nn(C)c(C)c1CCC(=O)N1CCN(CC(=O)NC(C)C)CC1. The van der Waals surface area contributed by atoms with Crippen molar-refractivity contribution in [3.63, 3.8) is 0 Å². The summed E-state index contributed by atoms with van der Waals surface area (Å²) in [6.07, 6.45) is 1.25.